The van der Waals surface area contributed by atoms with E-state index in [1.165, 1.54) is 25.7 Å². The Morgan fingerprint density at radius 2 is 1.76 bits per heavy atom. The van der Waals surface area contributed by atoms with Crippen LogP contribution in [0.5, 0.6) is 0 Å². The molecule has 38 heavy (non-hydrogen) atoms. The van der Waals surface area contributed by atoms with Crippen LogP contribution in [0.4, 0.5) is 0 Å². The third-order valence-corrected chi connectivity index (χ3v) is 7.66. The zero-order valence-corrected chi connectivity index (χ0v) is 22.9. The van der Waals surface area contributed by atoms with Gasteiger partial charge in [0, 0.05) is 37.7 Å². The number of piperazine rings is 1. The number of hydrogen-bond donors (Lipinski definition) is 0. The molecule has 1 aromatic heterocycles. The van der Waals surface area contributed by atoms with Crippen LogP contribution in [0.3, 0.4) is 0 Å². The topological polar surface area (TPSA) is 92.7 Å². The van der Waals surface area contributed by atoms with E-state index >= 15 is 0 Å². The lowest BCUT2D eigenvalue weighted by molar-refractivity contribution is -0.135. The minimum atomic E-state index is -0.576. The van der Waals surface area contributed by atoms with Gasteiger partial charge < -0.3 is 14.5 Å². The zero-order valence-electron chi connectivity index (χ0n) is 22.9. The number of carbonyl (C=O) groups is 3. The van der Waals surface area contributed by atoms with Gasteiger partial charge in [-0.05, 0) is 32.6 Å². The Bertz CT molecular complexity index is 1130. The van der Waals surface area contributed by atoms with E-state index in [9.17, 15) is 14.4 Å². The molecule has 2 heterocycles. The van der Waals surface area contributed by atoms with Crippen molar-refractivity contribution < 1.29 is 19.1 Å². The van der Waals surface area contributed by atoms with Crippen molar-refractivity contribution in [2.24, 2.45) is 5.92 Å². The maximum atomic E-state index is 13.9. The van der Waals surface area contributed by atoms with Crippen LogP contribution >= 0.6 is 0 Å². The van der Waals surface area contributed by atoms with E-state index in [0.29, 0.717) is 49.9 Å². The van der Waals surface area contributed by atoms with Gasteiger partial charge in [0.25, 0.3) is 5.91 Å². The number of hydrogen-bond acceptors (Lipinski definition) is 6. The molecule has 0 radical (unpaired) electrons. The number of benzene rings is 1. The number of nitrogens with zero attached hydrogens (tertiary/aromatic N) is 4. The van der Waals surface area contributed by atoms with E-state index in [4.69, 9.17) is 9.72 Å². The van der Waals surface area contributed by atoms with Crippen molar-refractivity contribution in [3.8, 4) is 11.4 Å². The Morgan fingerprint density at radius 3 is 2.42 bits per heavy atom. The Balaban J connectivity index is 1.58. The van der Waals surface area contributed by atoms with Gasteiger partial charge in [0.1, 0.15) is 11.3 Å². The van der Waals surface area contributed by atoms with Crippen molar-refractivity contribution in [1.29, 1.82) is 0 Å². The maximum Gasteiger partial charge on any atom is 0.342 e. The van der Waals surface area contributed by atoms with Crippen molar-refractivity contribution in [3.05, 3.63) is 47.3 Å². The van der Waals surface area contributed by atoms with Crippen LogP contribution in [-0.4, -0.2) is 69.8 Å². The molecule has 8 nitrogen and oxygen atoms in total. The average Bonchev–Trinajstić information content (AvgIpc) is 3.45. The standard InChI is InChI=1S/C30H40N4O4/c1-4-11-24-26(30(37)38-5-2)27(32-28(31-24)23-14-7-6-8-15-23)29(36)33-18-19-34(21(3)20-33)25(35)17-16-22-12-9-10-13-22/h6-8,14-15,21-22H,4-5,9-13,16-20H2,1-3H3. The molecule has 2 aliphatic rings. The molecular weight excluding hydrogens is 480 g/mol. The molecule has 1 unspecified atom stereocenters. The smallest absolute Gasteiger partial charge is 0.342 e. The first kappa shape index (κ1) is 27.7. The second kappa shape index (κ2) is 13.0. The van der Waals surface area contributed by atoms with Crippen LogP contribution in [0, 0.1) is 5.92 Å². The second-order valence-corrected chi connectivity index (χ2v) is 10.4. The van der Waals surface area contributed by atoms with Gasteiger partial charge in [0.2, 0.25) is 5.91 Å². The van der Waals surface area contributed by atoms with E-state index in [0.717, 1.165) is 18.4 Å². The molecule has 2 amide bonds. The molecule has 0 N–H and O–H groups in total. The summed E-state index contributed by atoms with van der Waals surface area (Å²) in [6.45, 7) is 7.18. The van der Waals surface area contributed by atoms with Gasteiger partial charge in [-0.2, -0.15) is 0 Å². The summed E-state index contributed by atoms with van der Waals surface area (Å²) in [5.41, 5.74) is 1.53. The lowest BCUT2D eigenvalue weighted by atomic mass is 10.0. The third-order valence-electron chi connectivity index (χ3n) is 7.66. The zero-order chi connectivity index (χ0) is 27.1. The molecule has 4 rings (SSSR count). The molecule has 0 bridgehead atoms. The molecule has 1 saturated heterocycles. The Labute approximate surface area is 225 Å². The second-order valence-electron chi connectivity index (χ2n) is 10.4. The van der Waals surface area contributed by atoms with Crippen LogP contribution in [0.15, 0.2) is 30.3 Å². The number of aromatic nitrogens is 2. The quantitative estimate of drug-likeness (QED) is 0.436. The summed E-state index contributed by atoms with van der Waals surface area (Å²) in [6, 6.07) is 9.36. The molecule has 1 aliphatic carbocycles. The van der Waals surface area contributed by atoms with Crippen LogP contribution in [0.1, 0.15) is 92.3 Å². The highest BCUT2D eigenvalue weighted by atomic mass is 16.5. The monoisotopic (exact) mass is 520 g/mol. The molecule has 204 valence electrons. The summed E-state index contributed by atoms with van der Waals surface area (Å²) in [6.07, 6.45) is 7.83. The van der Waals surface area contributed by atoms with Gasteiger partial charge in [-0.25, -0.2) is 14.8 Å². The lowest BCUT2D eigenvalue weighted by Crippen LogP contribution is -2.55. The third kappa shape index (κ3) is 6.40. The van der Waals surface area contributed by atoms with Gasteiger partial charge in [0.05, 0.1) is 12.3 Å². The molecule has 2 aromatic rings. The van der Waals surface area contributed by atoms with Crippen molar-refractivity contribution in [2.75, 3.05) is 26.2 Å². The van der Waals surface area contributed by atoms with Gasteiger partial charge >= 0.3 is 5.97 Å². The van der Waals surface area contributed by atoms with Crippen molar-refractivity contribution >= 4 is 17.8 Å². The minimum Gasteiger partial charge on any atom is -0.462 e. The molecule has 1 atom stereocenters. The summed E-state index contributed by atoms with van der Waals surface area (Å²) >= 11 is 0. The largest absolute Gasteiger partial charge is 0.462 e. The highest BCUT2D eigenvalue weighted by Crippen LogP contribution is 2.29. The average molecular weight is 521 g/mol. The highest BCUT2D eigenvalue weighted by molar-refractivity contribution is 6.05. The highest BCUT2D eigenvalue weighted by Gasteiger charge is 2.34. The van der Waals surface area contributed by atoms with Crippen LogP contribution in [0.2, 0.25) is 0 Å². The maximum absolute atomic E-state index is 13.9. The van der Waals surface area contributed by atoms with Gasteiger partial charge in [-0.1, -0.05) is 69.4 Å². The molecule has 1 saturated carbocycles. The van der Waals surface area contributed by atoms with E-state index in [1.54, 1.807) is 11.8 Å². The first-order valence-electron chi connectivity index (χ1n) is 14.1. The van der Waals surface area contributed by atoms with E-state index in [2.05, 4.69) is 4.98 Å². The number of rotatable bonds is 9. The fourth-order valence-corrected chi connectivity index (χ4v) is 5.65. The molecule has 0 spiro atoms. The van der Waals surface area contributed by atoms with Crippen molar-refractivity contribution in [2.45, 2.75) is 78.2 Å². The van der Waals surface area contributed by atoms with Crippen LogP contribution in [0.25, 0.3) is 11.4 Å². The molecular formula is C30H40N4O4. The number of esters is 1. The number of aryl methyl sites for hydroxylation is 1. The minimum absolute atomic E-state index is 0.0777. The van der Waals surface area contributed by atoms with E-state index < -0.39 is 5.97 Å². The molecule has 2 fully saturated rings. The van der Waals surface area contributed by atoms with Gasteiger partial charge in [-0.3, -0.25) is 9.59 Å². The van der Waals surface area contributed by atoms with Crippen molar-refractivity contribution in [3.63, 3.8) is 0 Å². The molecule has 1 aromatic carbocycles. The lowest BCUT2D eigenvalue weighted by Gasteiger charge is -2.40. The number of carbonyl (C=O) groups excluding carboxylic acids is 3. The van der Waals surface area contributed by atoms with E-state index in [-0.39, 0.29) is 35.7 Å². The summed E-state index contributed by atoms with van der Waals surface area (Å²) in [4.78, 5) is 52.9. The molecule has 1 aliphatic heterocycles. The van der Waals surface area contributed by atoms with Gasteiger partial charge in [0.15, 0.2) is 5.82 Å². The molecule has 8 heteroatoms. The normalized spacial score (nSPS) is 18.0. The Hall–Kier alpha value is -3.29. The first-order chi connectivity index (χ1) is 18.4. The predicted molar refractivity (Wildman–Crippen MR) is 146 cm³/mol. The SMILES string of the molecule is CCCc1nc(-c2ccccc2)nc(C(=O)N2CCN(C(=O)CCC3CCCC3)C(C)C2)c1C(=O)OCC. The van der Waals surface area contributed by atoms with E-state index in [1.807, 2.05) is 49.1 Å². The van der Waals surface area contributed by atoms with Gasteiger partial charge in [-0.15, -0.1) is 0 Å². The fraction of sp³-hybridized carbons (Fsp3) is 0.567. The summed E-state index contributed by atoms with van der Waals surface area (Å²) in [5.74, 6) is 0.358. The fourth-order valence-electron chi connectivity index (χ4n) is 5.65. The van der Waals surface area contributed by atoms with Crippen LogP contribution < -0.4 is 0 Å². The summed E-state index contributed by atoms with van der Waals surface area (Å²) in [5, 5.41) is 0. The van der Waals surface area contributed by atoms with Crippen molar-refractivity contribution in [1.82, 2.24) is 19.8 Å². The number of ether oxygens (including phenoxy) is 1. The Kier molecular flexibility index (Phi) is 9.48. The number of amides is 2. The predicted octanol–water partition coefficient (Wildman–Crippen LogP) is 4.92. The summed E-state index contributed by atoms with van der Waals surface area (Å²) in [7, 11) is 0. The van der Waals surface area contributed by atoms with Crippen LogP contribution in [-0.2, 0) is 16.0 Å². The summed E-state index contributed by atoms with van der Waals surface area (Å²) < 4.78 is 5.33. The first-order valence-corrected chi connectivity index (χ1v) is 14.1. The Morgan fingerprint density at radius 1 is 1.03 bits per heavy atom.